The average Bonchev–Trinajstić information content (AvgIpc) is 2.38. The van der Waals surface area contributed by atoms with Crippen molar-refractivity contribution in [2.75, 3.05) is 0 Å². The zero-order chi connectivity index (χ0) is 15.7. The molecule has 2 rings (SSSR count). The van der Waals surface area contributed by atoms with E-state index >= 15 is 0 Å². The zero-order valence-electron chi connectivity index (χ0n) is 13.2. The molecule has 2 aromatic rings. The second-order valence-electron chi connectivity index (χ2n) is 6.02. The first kappa shape index (κ1) is 16.2. The summed E-state index contributed by atoms with van der Waals surface area (Å²) in [5, 5.41) is 0. The predicted molar refractivity (Wildman–Crippen MR) is 95.8 cm³/mol. The molecule has 1 aromatic carbocycles. The number of hydrogen-bond acceptors (Lipinski definition) is 2. The van der Waals surface area contributed by atoms with Crippen LogP contribution in [0.25, 0.3) is 11.4 Å². The Morgan fingerprint density at radius 2 is 1.76 bits per heavy atom. The SMILES string of the molecule is Cc1cc(C)c(-c2nc(CC(C)C)c(I)c(=O)[nH]2)cc1C. The van der Waals surface area contributed by atoms with Crippen LogP contribution in [0, 0.1) is 30.3 Å². The van der Waals surface area contributed by atoms with Crippen molar-refractivity contribution in [3.05, 3.63) is 48.4 Å². The lowest BCUT2D eigenvalue weighted by Gasteiger charge is -2.12. The minimum absolute atomic E-state index is 0.0473. The van der Waals surface area contributed by atoms with Gasteiger partial charge in [0.05, 0.1) is 9.26 Å². The van der Waals surface area contributed by atoms with Crippen LogP contribution in [-0.2, 0) is 6.42 Å². The second kappa shape index (κ2) is 6.30. The largest absolute Gasteiger partial charge is 0.306 e. The molecule has 21 heavy (non-hydrogen) atoms. The van der Waals surface area contributed by atoms with E-state index in [0.29, 0.717) is 15.3 Å². The Hall–Kier alpha value is -1.17. The number of nitrogens with zero attached hydrogens (tertiary/aromatic N) is 1. The van der Waals surface area contributed by atoms with Gasteiger partial charge in [-0.3, -0.25) is 4.79 Å². The van der Waals surface area contributed by atoms with Crippen molar-refractivity contribution in [2.45, 2.75) is 41.0 Å². The van der Waals surface area contributed by atoms with Crippen LogP contribution in [0.2, 0.25) is 0 Å². The Labute approximate surface area is 139 Å². The van der Waals surface area contributed by atoms with Gasteiger partial charge in [-0.15, -0.1) is 0 Å². The molecule has 112 valence electrons. The Bertz CT molecular complexity index is 732. The zero-order valence-corrected chi connectivity index (χ0v) is 15.3. The van der Waals surface area contributed by atoms with Crippen molar-refractivity contribution in [3.63, 3.8) is 0 Å². The number of aromatic nitrogens is 2. The van der Waals surface area contributed by atoms with Gasteiger partial charge < -0.3 is 4.98 Å². The van der Waals surface area contributed by atoms with Gasteiger partial charge in [-0.2, -0.15) is 0 Å². The summed E-state index contributed by atoms with van der Waals surface area (Å²) >= 11 is 2.09. The fourth-order valence-electron chi connectivity index (χ4n) is 2.37. The summed E-state index contributed by atoms with van der Waals surface area (Å²) in [7, 11) is 0. The molecule has 0 amide bonds. The van der Waals surface area contributed by atoms with Crippen LogP contribution < -0.4 is 5.56 Å². The highest BCUT2D eigenvalue weighted by molar-refractivity contribution is 14.1. The summed E-state index contributed by atoms with van der Waals surface area (Å²) in [6.45, 7) is 10.5. The van der Waals surface area contributed by atoms with Crippen LogP contribution >= 0.6 is 22.6 Å². The Morgan fingerprint density at radius 1 is 1.14 bits per heavy atom. The molecule has 1 aromatic heterocycles. The Balaban J connectivity index is 2.62. The smallest absolute Gasteiger partial charge is 0.264 e. The lowest BCUT2D eigenvalue weighted by Crippen LogP contribution is -2.17. The van der Waals surface area contributed by atoms with Gasteiger partial charge >= 0.3 is 0 Å². The Kier molecular flexibility index (Phi) is 4.86. The molecular weight excluding hydrogens is 375 g/mol. The van der Waals surface area contributed by atoms with E-state index in [1.807, 2.05) is 0 Å². The molecule has 0 saturated carbocycles. The van der Waals surface area contributed by atoms with Gasteiger partial charge in [-0.1, -0.05) is 19.9 Å². The van der Waals surface area contributed by atoms with Gasteiger partial charge in [0.2, 0.25) is 0 Å². The van der Waals surface area contributed by atoms with Crippen LogP contribution in [-0.4, -0.2) is 9.97 Å². The van der Waals surface area contributed by atoms with Crippen molar-refractivity contribution in [3.8, 4) is 11.4 Å². The lowest BCUT2D eigenvalue weighted by molar-refractivity contribution is 0.631. The van der Waals surface area contributed by atoms with E-state index in [0.717, 1.165) is 23.2 Å². The van der Waals surface area contributed by atoms with E-state index in [-0.39, 0.29) is 5.56 Å². The number of rotatable bonds is 3. The third kappa shape index (κ3) is 3.54. The normalized spacial score (nSPS) is 11.2. The molecule has 0 spiro atoms. The molecule has 0 bridgehead atoms. The number of aryl methyl sites for hydroxylation is 3. The van der Waals surface area contributed by atoms with Crippen molar-refractivity contribution in [1.82, 2.24) is 9.97 Å². The number of hydrogen-bond donors (Lipinski definition) is 1. The molecule has 4 heteroatoms. The highest BCUT2D eigenvalue weighted by atomic mass is 127. The molecule has 1 heterocycles. The molecule has 0 aliphatic rings. The first-order valence-corrected chi connectivity index (χ1v) is 8.24. The minimum atomic E-state index is -0.0473. The summed E-state index contributed by atoms with van der Waals surface area (Å²) in [6.07, 6.45) is 0.819. The Morgan fingerprint density at radius 3 is 2.38 bits per heavy atom. The first-order chi connectivity index (χ1) is 9.79. The monoisotopic (exact) mass is 396 g/mol. The van der Waals surface area contributed by atoms with Crippen LogP contribution in [0.4, 0.5) is 0 Å². The van der Waals surface area contributed by atoms with Crippen molar-refractivity contribution in [2.24, 2.45) is 5.92 Å². The van der Waals surface area contributed by atoms with E-state index in [4.69, 9.17) is 4.98 Å². The summed E-state index contributed by atoms with van der Waals surface area (Å²) in [4.78, 5) is 19.8. The molecule has 0 unspecified atom stereocenters. The molecule has 1 N–H and O–H groups in total. The molecule has 0 fully saturated rings. The van der Waals surface area contributed by atoms with Crippen LogP contribution in [0.3, 0.4) is 0 Å². The maximum atomic E-state index is 12.2. The lowest BCUT2D eigenvalue weighted by atomic mass is 10.00. The van der Waals surface area contributed by atoms with E-state index in [9.17, 15) is 4.79 Å². The number of aromatic amines is 1. The van der Waals surface area contributed by atoms with E-state index in [1.54, 1.807) is 0 Å². The third-order valence-electron chi connectivity index (χ3n) is 3.63. The molecular formula is C17H21IN2O. The van der Waals surface area contributed by atoms with Crippen LogP contribution in [0.15, 0.2) is 16.9 Å². The van der Waals surface area contributed by atoms with E-state index in [1.165, 1.54) is 11.1 Å². The van der Waals surface area contributed by atoms with Gasteiger partial charge in [-0.05, 0) is 78.5 Å². The van der Waals surface area contributed by atoms with Gasteiger partial charge in [-0.25, -0.2) is 4.98 Å². The van der Waals surface area contributed by atoms with E-state index in [2.05, 4.69) is 74.3 Å². The van der Waals surface area contributed by atoms with Gasteiger partial charge in [0.1, 0.15) is 5.82 Å². The fraction of sp³-hybridized carbons (Fsp3) is 0.412. The molecule has 0 aliphatic carbocycles. The summed E-state index contributed by atoms with van der Waals surface area (Å²) in [5.41, 5.74) is 5.46. The molecule has 0 atom stereocenters. The minimum Gasteiger partial charge on any atom is -0.306 e. The third-order valence-corrected chi connectivity index (χ3v) is 4.74. The molecule has 0 radical (unpaired) electrons. The highest BCUT2D eigenvalue weighted by Gasteiger charge is 2.13. The maximum Gasteiger partial charge on any atom is 0.264 e. The molecule has 0 saturated heterocycles. The summed E-state index contributed by atoms with van der Waals surface area (Å²) in [6, 6.07) is 4.25. The van der Waals surface area contributed by atoms with Crippen molar-refractivity contribution in [1.29, 1.82) is 0 Å². The number of H-pyrrole nitrogens is 1. The fourth-order valence-corrected chi connectivity index (χ4v) is 2.85. The van der Waals surface area contributed by atoms with Crippen molar-refractivity contribution < 1.29 is 0 Å². The topological polar surface area (TPSA) is 45.8 Å². The number of benzene rings is 1. The highest BCUT2D eigenvalue weighted by Crippen LogP contribution is 2.24. The predicted octanol–water partition coefficient (Wildman–Crippen LogP) is 4.17. The quantitative estimate of drug-likeness (QED) is 0.792. The summed E-state index contributed by atoms with van der Waals surface area (Å²) in [5.74, 6) is 1.15. The van der Waals surface area contributed by atoms with Gasteiger partial charge in [0, 0.05) is 5.56 Å². The first-order valence-electron chi connectivity index (χ1n) is 7.16. The van der Waals surface area contributed by atoms with Crippen molar-refractivity contribution >= 4 is 22.6 Å². The standard InChI is InChI=1S/C17H21IN2O/c1-9(2)6-14-15(18)17(21)20-16(19-14)13-8-11(4)10(3)7-12(13)5/h7-9H,6H2,1-5H3,(H,19,20,21). The van der Waals surface area contributed by atoms with E-state index < -0.39 is 0 Å². The molecule has 3 nitrogen and oxygen atoms in total. The van der Waals surface area contributed by atoms with Gasteiger partial charge in [0.25, 0.3) is 5.56 Å². The van der Waals surface area contributed by atoms with Crippen LogP contribution in [0.5, 0.6) is 0 Å². The van der Waals surface area contributed by atoms with Crippen LogP contribution in [0.1, 0.15) is 36.2 Å². The average molecular weight is 396 g/mol. The maximum absolute atomic E-state index is 12.2. The second-order valence-corrected chi connectivity index (χ2v) is 7.10. The summed E-state index contributed by atoms with van der Waals surface area (Å²) < 4.78 is 0.700. The number of halogens is 1. The number of nitrogens with one attached hydrogen (secondary N) is 1. The van der Waals surface area contributed by atoms with Gasteiger partial charge in [0.15, 0.2) is 0 Å². The molecule has 0 aliphatic heterocycles.